The largest absolute Gasteiger partial charge is 0.369 e. The first-order chi connectivity index (χ1) is 9.72. The number of halogens is 1. The minimum Gasteiger partial charge on any atom is -0.369 e. The van der Waals surface area contributed by atoms with Crippen molar-refractivity contribution in [2.45, 2.75) is 0 Å². The van der Waals surface area contributed by atoms with Gasteiger partial charge in [-0.1, -0.05) is 0 Å². The van der Waals surface area contributed by atoms with Crippen LogP contribution in [0.3, 0.4) is 0 Å². The molecule has 0 atom stereocenters. The molecule has 0 saturated heterocycles. The summed E-state index contributed by atoms with van der Waals surface area (Å²) in [5.41, 5.74) is 8.58. The van der Waals surface area contributed by atoms with E-state index in [9.17, 15) is 0 Å². The molecule has 0 spiro atoms. The van der Waals surface area contributed by atoms with E-state index in [1.165, 1.54) is 10.1 Å². The molecule has 98 valence electrons. The molecule has 4 nitrogen and oxygen atoms in total. The summed E-state index contributed by atoms with van der Waals surface area (Å²) in [4.78, 5) is 8.79. The van der Waals surface area contributed by atoms with Gasteiger partial charge in [0, 0.05) is 15.4 Å². The van der Waals surface area contributed by atoms with Crippen LogP contribution in [0.5, 0.6) is 0 Å². The zero-order valence-corrected chi connectivity index (χ0v) is 12.6. The monoisotopic (exact) mass is 344 g/mol. The summed E-state index contributed by atoms with van der Waals surface area (Å²) < 4.78 is 4.02. The lowest BCUT2D eigenvalue weighted by Gasteiger charge is -2.06. The molecule has 1 aromatic carbocycles. The number of aromatic nitrogens is 3. The second-order valence-electron chi connectivity index (χ2n) is 4.44. The number of pyridine rings is 1. The first-order valence-corrected chi connectivity index (χ1v) is 7.67. The third-order valence-corrected chi connectivity index (χ3v) is 4.52. The van der Waals surface area contributed by atoms with Gasteiger partial charge in [-0.2, -0.15) is 0 Å². The predicted molar refractivity (Wildman–Crippen MR) is 86.4 cm³/mol. The van der Waals surface area contributed by atoms with Crippen LogP contribution < -0.4 is 5.73 Å². The molecule has 0 aliphatic heterocycles. The van der Waals surface area contributed by atoms with E-state index in [1.807, 2.05) is 16.7 Å². The highest BCUT2D eigenvalue weighted by Crippen LogP contribution is 2.27. The molecule has 4 rings (SSSR count). The molecule has 0 bridgehead atoms. The molecule has 3 heterocycles. The summed E-state index contributed by atoms with van der Waals surface area (Å²) in [5.74, 6) is 0.445. The molecule has 20 heavy (non-hydrogen) atoms. The van der Waals surface area contributed by atoms with E-state index in [2.05, 4.69) is 49.5 Å². The first-order valence-electron chi connectivity index (χ1n) is 5.99. The van der Waals surface area contributed by atoms with Crippen LogP contribution in [0.1, 0.15) is 0 Å². The van der Waals surface area contributed by atoms with Crippen LogP contribution in [0.2, 0.25) is 0 Å². The van der Waals surface area contributed by atoms with Gasteiger partial charge in [0.2, 0.25) is 5.95 Å². The Labute approximate surface area is 127 Å². The van der Waals surface area contributed by atoms with Gasteiger partial charge in [0.25, 0.3) is 0 Å². The maximum Gasteiger partial charge on any atom is 0.207 e. The molecule has 0 saturated carbocycles. The molecule has 0 fully saturated rings. The van der Waals surface area contributed by atoms with Gasteiger partial charge in [-0.3, -0.25) is 4.57 Å². The lowest BCUT2D eigenvalue weighted by atomic mass is 10.2. The Morgan fingerprint density at radius 2 is 2.10 bits per heavy atom. The fraction of sp³-hybridized carbons (Fsp3) is 0. The maximum atomic E-state index is 6.05. The van der Waals surface area contributed by atoms with Crippen molar-refractivity contribution in [3.8, 4) is 5.69 Å². The minimum atomic E-state index is 0.445. The number of thiophene rings is 1. The quantitative estimate of drug-likeness (QED) is 0.568. The number of nitrogens with two attached hydrogens (primary N) is 1. The normalized spacial score (nSPS) is 11.4. The lowest BCUT2D eigenvalue weighted by Crippen LogP contribution is -2.01. The number of hydrogen-bond donors (Lipinski definition) is 1. The second-order valence-corrected chi connectivity index (χ2v) is 6.31. The highest BCUT2D eigenvalue weighted by Gasteiger charge is 2.12. The molecular weight excluding hydrogens is 336 g/mol. The van der Waals surface area contributed by atoms with Crippen LogP contribution in [-0.2, 0) is 0 Å². The maximum absolute atomic E-state index is 6.05. The van der Waals surface area contributed by atoms with Crippen molar-refractivity contribution in [2.24, 2.45) is 0 Å². The van der Waals surface area contributed by atoms with Gasteiger partial charge in [0.1, 0.15) is 5.52 Å². The minimum absolute atomic E-state index is 0.445. The number of nitrogens with zero attached hydrogens (tertiary/aromatic N) is 3. The Hall–Kier alpha value is -1.92. The van der Waals surface area contributed by atoms with Crippen LogP contribution in [-0.4, -0.2) is 14.5 Å². The molecule has 0 amide bonds. The van der Waals surface area contributed by atoms with Crippen LogP contribution in [0, 0.1) is 0 Å². The predicted octanol–water partition coefficient (Wildman–Crippen LogP) is 3.98. The molecule has 2 N–H and O–H groups in total. The number of anilines is 1. The summed E-state index contributed by atoms with van der Waals surface area (Å²) in [6.07, 6.45) is 1.75. The summed E-state index contributed by atoms with van der Waals surface area (Å²) in [7, 11) is 0. The molecule has 0 radical (unpaired) electrons. The SMILES string of the molecule is Nc1nc2cc(Br)cnc2n1-c1ccc2sccc2c1. The van der Waals surface area contributed by atoms with Gasteiger partial charge in [0.15, 0.2) is 5.65 Å². The lowest BCUT2D eigenvalue weighted by molar-refractivity contribution is 1.09. The zero-order valence-electron chi connectivity index (χ0n) is 10.2. The number of imidazole rings is 1. The van der Waals surface area contributed by atoms with Crippen molar-refractivity contribution < 1.29 is 0 Å². The number of fused-ring (bicyclic) bond motifs is 2. The Kier molecular flexibility index (Phi) is 2.55. The number of benzene rings is 1. The molecule has 0 aliphatic carbocycles. The van der Waals surface area contributed by atoms with Crippen LogP contribution in [0.4, 0.5) is 5.95 Å². The third kappa shape index (κ3) is 1.72. The van der Waals surface area contributed by atoms with Crippen LogP contribution in [0.15, 0.2) is 46.4 Å². The Bertz CT molecular complexity index is 941. The van der Waals surface area contributed by atoms with Crippen LogP contribution in [0.25, 0.3) is 26.9 Å². The van der Waals surface area contributed by atoms with E-state index in [4.69, 9.17) is 5.73 Å². The van der Waals surface area contributed by atoms with Gasteiger partial charge in [-0.25, -0.2) is 9.97 Å². The summed E-state index contributed by atoms with van der Waals surface area (Å²) >= 11 is 5.12. The van der Waals surface area contributed by atoms with Crippen molar-refractivity contribution in [3.05, 3.63) is 46.4 Å². The fourth-order valence-electron chi connectivity index (χ4n) is 2.31. The Balaban J connectivity index is 2.03. The van der Waals surface area contributed by atoms with E-state index in [1.54, 1.807) is 17.5 Å². The number of hydrogen-bond acceptors (Lipinski definition) is 4. The average Bonchev–Trinajstić information content (AvgIpc) is 3.00. The number of rotatable bonds is 1. The summed E-state index contributed by atoms with van der Waals surface area (Å²) in [6, 6.07) is 10.3. The fourth-order valence-corrected chi connectivity index (χ4v) is 3.40. The van der Waals surface area contributed by atoms with Gasteiger partial charge in [0.05, 0.1) is 5.69 Å². The molecule has 3 aromatic heterocycles. The smallest absolute Gasteiger partial charge is 0.207 e. The highest BCUT2D eigenvalue weighted by atomic mass is 79.9. The van der Waals surface area contributed by atoms with Gasteiger partial charge < -0.3 is 5.73 Å². The first kappa shape index (κ1) is 11.9. The van der Waals surface area contributed by atoms with Gasteiger partial charge >= 0.3 is 0 Å². The zero-order chi connectivity index (χ0) is 13.7. The average molecular weight is 345 g/mol. The number of nitrogen functional groups attached to an aromatic ring is 1. The molecule has 0 unspecified atom stereocenters. The third-order valence-electron chi connectivity index (χ3n) is 3.18. The van der Waals surface area contributed by atoms with E-state index in [-0.39, 0.29) is 0 Å². The Morgan fingerprint density at radius 3 is 3.00 bits per heavy atom. The highest BCUT2D eigenvalue weighted by molar-refractivity contribution is 9.10. The molecule has 4 aromatic rings. The van der Waals surface area contributed by atoms with Gasteiger partial charge in [-0.15, -0.1) is 11.3 Å². The van der Waals surface area contributed by atoms with Gasteiger partial charge in [-0.05, 0) is 57.0 Å². The summed E-state index contributed by atoms with van der Waals surface area (Å²) in [6.45, 7) is 0. The molecule has 6 heteroatoms. The van der Waals surface area contributed by atoms with Crippen molar-refractivity contribution >= 4 is 54.5 Å². The van der Waals surface area contributed by atoms with Crippen molar-refractivity contribution in [3.63, 3.8) is 0 Å². The topological polar surface area (TPSA) is 56.7 Å². The van der Waals surface area contributed by atoms with Crippen molar-refractivity contribution in [2.75, 3.05) is 5.73 Å². The summed E-state index contributed by atoms with van der Waals surface area (Å²) in [5, 5.41) is 3.28. The van der Waals surface area contributed by atoms with Crippen LogP contribution >= 0.6 is 27.3 Å². The van der Waals surface area contributed by atoms with E-state index < -0.39 is 0 Å². The van der Waals surface area contributed by atoms with Crippen molar-refractivity contribution in [1.29, 1.82) is 0 Å². The van der Waals surface area contributed by atoms with E-state index >= 15 is 0 Å². The Morgan fingerprint density at radius 1 is 1.20 bits per heavy atom. The second kappa shape index (κ2) is 4.29. The van der Waals surface area contributed by atoms with E-state index in [0.29, 0.717) is 5.95 Å². The van der Waals surface area contributed by atoms with E-state index in [0.717, 1.165) is 21.3 Å². The molecular formula is C14H9BrN4S. The van der Waals surface area contributed by atoms with Crippen molar-refractivity contribution in [1.82, 2.24) is 14.5 Å². The standard InChI is InChI=1S/C14H9BrN4S/c15-9-6-11-13(17-7-9)19(14(16)18-11)10-1-2-12-8(5-10)3-4-20-12/h1-7H,(H2,16,18). The molecule has 0 aliphatic rings.